The van der Waals surface area contributed by atoms with Crippen molar-refractivity contribution in [2.24, 2.45) is 5.41 Å². The molecule has 2 amide bonds. The van der Waals surface area contributed by atoms with Crippen molar-refractivity contribution >= 4 is 11.8 Å². The molecule has 7 heteroatoms. The fourth-order valence-corrected chi connectivity index (χ4v) is 3.50. The summed E-state index contributed by atoms with van der Waals surface area (Å²) in [5.74, 6) is 0.900. The fourth-order valence-electron chi connectivity index (χ4n) is 3.50. The van der Waals surface area contributed by atoms with Crippen LogP contribution in [0.15, 0.2) is 28.8 Å². The Balaban J connectivity index is 1.57. The molecule has 0 spiro atoms. The van der Waals surface area contributed by atoms with Gasteiger partial charge >= 0.3 is 0 Å². The van der Waals surface area contributed by atoms with E-state index >= 15 is 0 Å². The van der Waals surface area contributed by atoms with Crippen molar-refractivity contribution in [2.75, 3.05) is 19.6 Å². The van der Waals surface area contributed by atoms with Gasteiger partial charge in [0.05, 0.1) is 6.42 Å². The van der Waals surface area contributed by atoms with Crippen LogP contribution in [0.25, 0.3) is 11.5 Å². The molecule has 2 heterocycles. The number of nitrogens with zero attached hydrogens (tertiary/aromatic N) is 4. The molecule has 156 valence electrons. The van der Waals surface area contributed by atoms with E-state index in [-0.39, 0.29) is 29.7 Å². The highest BCUT2D eigenvalue weighted by Gasteiger charge is 2.31. The largest absolute Gasteiger partial charge is 0.338 e. The number of benzene rings is 1. The third-order valence-electron chi connectivity index (χ3n) is 5.06. The number of hydrogen-bond acceptors (Lipinski definition) is 5. The Morgan fingerprint density at radius 3 is 2.45 bits per heavy atom. The molecule has 1 aromatic heterocycles. The molecule has 2 aromatic rings. The molecule has 1 aromatic carbocycles. The Morgan fingerprint density at radius 2 is 1.83 bits per heavy atom. The van der Waals surface area contributed by atoms with E-state index in [9.17, 15) is 9.59 Å². The predicted octanol–water partition coefficient (Wildman–Crippen LogP) is 3.08. The molecule has 1 saturated heterocycles. The minimum absolute atomic E-state index is 0.00376. The minimum atomic E-state index is -0.0453. The number of aromatic nitrogens is 2. The first-order valence-electron chi connectivity index (χ1n) is 10.1. The molecule has 1 unspecified atom stereocenters. The Hall–Kier alpha value is -2.70. The maximum Gasteiger partial charge on any atom is 0.257 e. The van der Waals surface area contributed by atoms with Gasteiger partial charge in [0.25, 0.3) is 5.89 Å². The van der Waals surface area contributed by atoms with Gasteiger partial charge in [-0.2, -0.15) is 4.98 Å². The lowest BCUT2D eigenvalue weighted by Crippen LogP contribution is -2.56. The molecule has 3 rings (SSSR count). The first-order chi connectivity index (χ1) is 13.6. The Bertz CT molecular complexity index is 867. The molecule has 0 saturated carbocycles. The number of amides is 2. The van der Waals surface area contributed by atoms with Crippen molar-refractivity contribution in [1.82, 2.24) is 19.9 Å². The van der Waals surface area contributed by atoms with Gasteiger partial charge in [-0.15, -0.1) is 0 Å². The van der Waals surface area contributed by atoms with Crippen LogP contribution in [0.1, 0.15) is 45.5 Å². The summed E-state index contributed by atoms with van der Waals surface area (Å²) in [6.07, 6.45) is 0.605. The van der Waals surface area contributed by atoms with Gasteiger partial charge in [-0.05, 0) is 31.4 Å². The Labute approximate surface area is 172 Å². The van der Waals surface area contributed by atoms with Gasteiger partial charge in [0.2, 0.25) is 11.8 Å². The molecule has 1 aliphatic rings. The molecular weight excluding hydrogens is 368 g/mol. The topological polar surface area (TPSA) is 79.5 Å². The summed E-state index contributed by atoms with van der Waals surface area (Å²) in [5, 5.41) is 3.95. The summed E-state index contributed by atoms with van der Waals surface area (Å²) < 4.78 is 5.31. The van der Waals surface area contributed by atoms with E-state index in [1.54, 1.807) is 4.90 Å². The summed E-state index contributed by atoms with van der Waals surface area (Å²) >= 11 is 0. The standard InChI is InChI=1S/C22H30N4O3/c1-15-6-8-17(9-7-15)21-23-18(24-29-21)12-19(27)25-10-11-26(16(2)14-25)20(28)13-22(3,4)5/h6-9,16H,10-14H2,1-5H3. The van der Waals surface area contributed by atoms with Crippen molar-refractivity contribution in [3.8, 4) is 11.5 Å². The lowest BCUT2D eigenvalue weighted by Gasteiger charge is -2.40. The lowest BCUT2D eigenvalue weighted by atomic mass is 9.91. The molecule has 29 heavy (non-hydrogen) atoms. The molecule has 1 fully saturated rings. The van der Waals surface area contributed by atoms with Crippen molar-refractivity contribution in [2.45, 2.75) is 53.5 Å². The molecule has 0 N–H and O–H groups in total. The maximum absolute atomic E-state index is 12.7. The number of carbonyl (C=O) groups is 2. The van der Waals surface area contributed by atoms with Crippen LogP contribution in [0.2, 0.25) is 0 Å². The van der Waals surface area contributed by atoms with Crippen molar-refractivity contribution in [3.05, 3.63) is 35.7 Å². The van der Waals surface area contributed by atoms with Crippen LogP contribution in [0.5, 0.6) is 0 Å². The average Bonchev–Trinajstić information content (AvgIpc) is 3.09. The van der Waals surface area contributed by atoms with Gasteiger partial charge in [0.1, 0.15) is 0 Å². The summed E-state index contributed by atoms with van der Waals surface area (Å²) in [6, 6.07) is 7.79. The summed E-state index contributed by atoms with van der Waals surface area (Å²) in [5.41, 5.74) is 1.94. The molecule has 1 aliphatic heterocycles. The maximum atomic E-state index is 12.7. The molecule has 0 aliphatic carbocycles. The van der Waals surface area contributed by atoms with E-state index in [0.717, 1.165) is 11.1 Å². The van der Waals surface area contributed by atoms with Gasteiger partial charge < -0.3 is 14.3 Å². The zero-order chi connectivity index (χ0) is 21.2. The first-order valence-corrected chi connectivity index (χ1v) is 10.1. The van der Waals surface area contributed by atoms with Crippen molar-refractivity contribution in [1.29, 1.82) is 0 Å². The Kier molecular flexibility index (Phi) is 6.05. The van der Waals surface area contributed by atoms with E-state index < -0.39 is 0 Å². The first kappa shape index (κ1) is 21.0. The molecule has 7 nitrogen and oxygen atoms in total. The van der Waals surface area contributed by atoms with Crippen molar-refractivity contribution < 1.29 is 14.1 Å². The van der Waals surface area contributed by atoms with Gasteiger partial charge in [-0.3, -0.25) is 9.59 Å². The summed E-state index contributed by atoms with van der Waals surface area (Å²) in [7, 11) is 0. The van der Waals surface area contributed by atoms with Crippen LogP contribution in [0, 0.1) is 12.3 Å². The lowest BCUT2D eigenvalue weighted by molar-refractivity contribution is -0.143. The minimum Gasteiger partial charge on any atom is -0.338 e. The van der Waals surface area contributed by atoms with E-state index in [4.69, 9.17) is 4.52 Å². The second-order valence-corrected chi connectivity index (χ2v) is 9.07. The van der Waals surface area contributed by atoms with Gasteiger partial charge in [0, 0.05) is 37.7 Å². The van der Waals surface area contributed by atoms with E-state index in [1.807, 2.05) is 43.0 Å². The van der Waals surface area contributed by atoms with Gasteiger partial charge in [-0.1, -0.05) is 43.6 Å². The highest BCUT2D eigenvalue weighted by molar-refractivity contribution is 5.80. The number of piperazine rings is 1. The number of rotatable bonds is 4. The Morgan fingerprint density at radius 1 is 1.14 bits per heavy atom. The van der Waals surface area contributed by atoms with Crippen molar-refractivity contribution in [3.63, 3.8) is 0 Å². The molecule has 0 radical (unpaired) electrons. The van der Waals surface area contributed by atoms with Crippen LogP contribution >= 0.6 is 0 Å². The molecular formula is C22H30N4O3. The smallest absolute Gasteiger partial charge is 0.257 e. The monoisotopic (exact) mass is 398 g/mol. The number of carbonyl (C=O) groups excluding carboxylic acids is 2. The second-order valence-electron chi connectivity index (χ2n) is 9.07. The second kappa shape index (κ2) is 8.35. The third kappa shape index (κ3) is 5.43. The highest BCUT2D eigenvalue weighted by Crippen LogP contribution is 2.22. The quantitative estimate of drug-likeness (QED) is 0.791. The highest BCUT2D eigenvalue weighted by atomic mass is 16.5. The van der Waals surface area contributed by atoms with E-state index in [0.29, 0.717) is 37.8 Å². The third-order valence-corrected chi connectivity index (χ3v) is 5.06. The number of aryl methyl sites for hydroxylation is 1. The van der Waals surface area contributed by atoms with Gasteiger partial charge in [-0.25, -0.2) is 0 Å². The van der Waals surface area contributed by atoms with Crippen LogP contribution in [-0.4, -0.2) is 57.4 Å². The van der Waals surface area contributed by atoms with Crippen LogP contribution in [0.3, 0.4) is 0 Å². The van der Waals surface area contributed by atoms with Gasteiger partial charge in [0.15, 0.2) is 5.82 Å². The zero-order valence-corrected chi connectivity index (χ0v) is 17.9. The predicted molar refractivity (Wildman–Crippen MR) is 110 cm³/mol. The normalized spacial score (nSPS) is 17.5. The average molecular weight is 399 g/mol. The molecule has 0 bridgehead atoms. The number of hydrogen-bond donors (Lipinski definition) is 0. The fraction of sp³-hybridized carbons (Fsp3) is 0.545. The van der Waals surface area contributed by atoms with E-state index in [1.165, 1.54) is 0 Å². The van der Waals surface area contributed by atoms with Crippen LogP contribution in [0.4, 0.5) is 0 Å². The zero-order valence-electron chi connectivity index (χ0n) is 17.9. The molecule has 1 atom stereocenters. The van der Waals surface area contributed by atoms with Crippen LogP contribution in [-0.2, 0) is 16.0 Å². The van der Waals surface area contributed by atoms with E-state index in [2.05, 4.69) is 30.9 Å². The summed E-state index contributed by atoms with van der Waals surface area (Å²) in [4.78, 5) is 33.3. The summed E-state index contributed by atoms with van der Waals surface area (Å²) in [6.45, 7) is 11.8. The SMILES string of the molecule is Cc1ccc(-c2nc(CC(=O)N3CCN(C(=O)CC(C)(C)C)C(C)C3)no2)cc1. The van der Waals surface area contributed by atoms with Crippen LogP contribution < -0.4 is 0 Å².